The maximum absolute atomic E-state index is 5.21. The summed E-state index contributed by atoms with van der Waals surface area (Å²) in [6, 6.07) is 37.4. The summed E-state index contributed by atoms with van der Waals surface area (Å²) in [6.07, 6.45) is 2.24. The fourth-order valence-corrected chi connectivity index (χ4v) is 3.24. The minimum Gasteiger partial charge on any atom is -0.497 e. The van der Waals surface area contributed by atoms with Crippen LogP contribution in [0.25, 0.3) is 11.6 Å². The molecule has 0 amide bonds. The molecule has 0 aliphatic rings. The Morgan fingerprint density at radius 1 is 0.621 bits per heavy atom. The van der Waals surface area contributed by atoms with Gasteiger partial charge in [-0.25, -0.2) is 0 Å². The van der Waals surface area contributed by atoms with E-state index in [1.54, 1.807) is 7.11 Å². The van der Waals surface area contributed by atoms with Crippen LogP contribution in [-0.4, -0.2) is 7.11 Å². The molecular formula is C27H23NO. The largest absolute Gasteiger partial charge is 0.497 e. The molecule has 4 rings (SSSR count). The maximum atomic E-state index is 5.21. The van der Waals surface area contributed by atoms with Gasteiger partial charge in [-0.15, -0.1) is 0 Å². The summed E-state index contributed by atoms with van der Waals surface area (Å²) in [6.45, 7) is 0. The summed E-state index contributed by atoms with van der Waals surface area (Å²) in [5.41, 5.74) is 6.87. The van der Waals surface area contributed by atoms with E-state index < -0.39 is 0 Å². The first-order valence-electron chi connectivity index (χ1n) is 9.65. The Bertz CT molecular complexity index is 1030. The average molecular weight is 377 g/mol. The third-order valence-electron chi connectivity index (χ3n) is 4.77. The summed E-state index contributed by atoms with van der Waals surface area (Å²) in [5, 5.41) is 3.42. The molecule has 2 nitrogen and oxygen atoms in total. The van der Waals surface area contributed by atoms with Gasteiger partial charge in [-0.05, 0) is 64.7 Å². The third kappa shape index (κ3) is 4.74. The summed E-state index contributed by atoms with van der Waals surface area (Å²) in [7, 11) is 1.67. The van der Waals surface area contributed by atoms with Crippen LogP contribution in [-0.2, 0) is 0 Å². The Hall–Kier alpha value is -3.78. The first-order chi connectivity index (χ1) is 14.3. The number of ether oxygens (including phenoxy) is 1. The van der Waals surface area contributed by atoms with Crippen molar-refractivity contribution in [3.8, 4) is 5.75 Å². The molecule has 0 spiro atoms. The maximum Gasteiger partial charge on any atom is 0.119 e. The molecule has 0 atom stereocenters. The molecule has 2 heteroatoms. The van der Waals surface area contributed by atoms with E-state index in [1.165, 1.54) is 16.7 Å². The van der Waals surface area contributed by atoms with Crippen LogP contribution >= 0.6 is 0 Å². The smallest absolute Gasteiger partial charge is 0.119 e. The Balaban J connectivity index is 1.59. The zero-order chi connectivity index (χ0) is 19.9. The molecule has 1 N–H and O–H groups in total. The second kappa shape index (κ2) is 8.94. The monoisotopic (exact) mass is 377 g/mol. The molecule has 0 radical (unpaired) electrons. The van der Waals surface area contributed by atoms with Gasteiger partial charge in [0.1, 0.15) is 5.75 Å². The summed E-state index contributed by atoms with van der Waals surface area (Å²) < 4.78 is 5.21. The van der Waals surface area contributed by atoms with Gasteiger partial charge in [0.15, 0.2) is 0 Å². The molecule has 29 heavy (non-hydrogen) atoms. The van der Waals surface area contributed by atoms with Gasteiger partial charge in [-0.1, -0.05) is 72.8 Å². The predicted octanol–water partition coefficient (Wildman–Crippen LogP) is 7.03. The molecule has 4 aromatic rings. The molecular weight excluding hydrogens is 354 g/mol. The molecule has 0 unspecified atom stereocenters. The molecule has 0 heterocycles. The van der Waals surface area contributed by atoms with E-state index in [1.807, 2.05) is 36.4 Å². The van der Waals surface area contributed by atoms with Crippen molar-refractivity contribution in [3.05, 3.63) is 126 Å². The average Bonchev–Trinajstić information content (AvgIpc) is 2.80. The van der Waals surface area contributed by atoms with Crippen molar-refractivity contribution in [2.75, 3.05) is 12.4 Å². The van der Waals surface area contributed by atoms with Gasteiger partial charge in [0, 0.05) is 11.4 Å². The van der Waals surface area contributed by atoms with E-state index in [2.05, 4.69) is 84.2 Å². The van der Waals surface area contributed by atoms with Gasteiger partial charge < -0.3 is 10.1 Å². The van der Waals surface area contributed by atoms with Crippen LogP contribution < -0.4 is 10.1 Å². The molecule has 4 aromatic carbocycles. The van der Waals surface area contributed by atoms with Crippen molar-refractivity contribution >= 4 is 23.0 Å². The van der Waals surface area contributed by atoms with Gasteiger partial charge >= 0.3 is 0 Å². The molecule has 0 bridgehead atoms. The fraction of sp³-hybridized carbons (Fsp3) is 0.0370. The lowest BCUT2D eigenvalue weighted by Gasteiger charge is -2.10. The first-order valence-corrected chi connectivity index (χ1v) is 9.65. The molecule has 0 aromatic heterocycles. The third-order valence-corrected chi connectivity index (χ3v) is 4.77. The SMILES string of the molecule is COc1ccc(Nc2ccc(C=C(c3ccccc3)c3ccccc3)cc2)cc1. The molecule has 0 fully saturated rings. The highest BCUT2D eigenvalue weighted by atomic mass is 16.5. The van der Waals surface area contributed by atoms with Crippen LogP contribution in [0.5, 0.6) is 5.75 Å². The summed E-state index contributed by atoms with van der Waals surface area (Å²) >= 11 is 0. The number of benzene rings is 4. The summed E-state index contributed by atoms with van der Waals surface area (Å²) in [4.78, 5) is 0. The Morgan fingerprint density at radius 2 is 1.10 bits per heavy atom. The van der Waals surface area contributed by atoms with Crippen molar-refractivity contribution in [1.82, 2.24) is 0 Å². The Kier molecular flexibility index (Phi) is 5.73. The van der Waals surface area contributed by atoms with Crippen molar-refractivity contribution < 1.29 is 4.74 Å². The lowest BCUT2D eigenvalue weighted by molar-refractivity contribution is 0.415. The topological polar surface area (TPSA) is 21.3 Å². The van der Waals surface area contributed by atoms with E-state index in [-0.39, 0.29) is 0 Å². The van der Waals surface area contributed by atoms with Crippen LogP contribution in [0.2, 0.25) is 0 Å². The van der Waals surface area contributed by atoms with Crippen molar-refractivity contribution in [1.29, 1.82) is 0 Å². The van der Waals surface area contributed by atoms with Crippen LogP contribution in [0, 0.1) is 0 Å². The lowest BCUT2D eigenvalue weighted by Crippen LogP contribution is -1.91. The van der Waals surface area contributed by atoms with Crippen molar-refractivity contribution in [2.45, 2.75) is 0 Å². The van der Waals surface area contributed by atoms with Gasteiger partial charge in [0.25, 0.3) is 0 Å². The minimum absolute atomic E-state index is 0.852. The normalized spacial score (nSPS) is 10.2. The molecule has 0 saturated heterocycles. The highest BCUT2D eigenvalue weighted by Gasteiger charge is 2.05. The van der Waals surface area contributed by atoms with Crippen LogP contribution in [0.3, 0.4) is 0 Å². The fourth-order valence-electron chi connectivity index (χ4n) is 3.24. The van der Waals surface area contributed by atoms with Crippen molar-refractivity contribution in [3.63, 3.8) is 0 Å². The number of methoxy groups -OCH3 is 1. The Morgan fingerprint density at radius 3 is 1.59 bits per heavy atom. The standard InChI is InChI=1S/C27H23NO/c1-29-26-18-16-25(17-19-26)28-24-14-12-21(13-15-24)20-27(22-8-4-2-5-9-22)23-10-6-3-7-11-23/h2-20,28H,1H3. The highest BCUT2D eigenvalue weighted by molar-refractivity contribution is 5.91. The number of hydrogen-bond acceptors (Lipinski definition) is 2. The molecule has 0 aliphatic heterocycles. The van der Waals surface area contributed by atoms with E-state index in [9.17, 15) is 0 Å². The quantitative estimate of drug-likeness (QED) is 0.364. The lowest BCUT2D eigenvalue weighted by atomic mass is 9.96. The zero-order valence-corrected chi connectivity index (χ0v) is 16.4. The van der Waals surface area contributed by atoms with Crippen LogP contribution in [0.15, 0.2) is 109 Å². The van der Waals surface area contributed by atoms with Gasteiger partial charge in [0.05, 0.1) is 7.11 Å². The number of hydrogen-bond donors (Lipinski definition) is 1. The van der Waals surface area contributed by atoms with E-state index in [4.69, 9.17) is 4.74 Å². The van der Waals surface area contributed by atoms with E-state index >= 15 is 0 Å². The molecule has 142 valence electrons. The predicted molar refractivity (Wildman–Crippen MR) is 123 cm³/mol. The van der Waals surface area contributed by atoms with Gasteiger partial charge in [0.2, 0.25) is 0 Å². The van der Waals surface area contributed by atoms with Crippen LogP contribution in [0.1, 0.15) is 16.7 Å². The zero-order valence-electron chi connectivity index (χ0n) is 16.4. The van der Waals surface area contributed by atoms with Gasteiger partial charge in [-0.2, -0.15) is 0 Å². The first kappa shape index (κ1) is 18.6. The molecule has 0 aliphatic carbocycles. The number of anilines is 2. The minimum atomic E-state index is 0.852. The summed E-state index contributed by atoms with van der Waals surface area (Å²) in [5.74, 6) is 0.852. The van der Waals surface area contributed by atoms with Crippen molar-refractivity contribution in [2.24, 2.45) is 0 Å². The van der Waals surface area contributed by atoms with E-state index in [0.717, 1.165) is 22.7 Å². The number of nitrogens with one attached hydrogen (secondary N) is 1. The number of rotatable bonds is 6. The van der Waals surface area contributed by atoms with Gasteiger partial charge in [-0.3, -0.25) is 0 Å². The molecule has 0 saturated carbocycles. The van der Waals surface area contributed by atoms with E-state index in [0.29, 0.717) is 0 Å². The van der Waals surface area contributed by atoms with Crippen LogP contribution in [0.4, 0.5) is 11.4 Å². The highest BCUT2D eigenvalue weighted by Crippen LogP contribution is 2.27. The second-order valence-corrected chi connectivity index (χ2v) is 6.77. The second-order valence-electron chi connectivity index (χ2n) is 6.77. The Labute approximate surface area is 172 Å².